The zero-order chi connectivity index (χ0) is 23.2. The molecule has 3 aromatic rings. The first-order chi connectivity index (χ1) is 16.0. The van der Waals surface area contributed by atoms with Crippen molar-refractivity contribution in [3.8, 4) is 0 Å². The Morgan fingerprint density at radius 2 is 2.09 bits per heavy atom. The summed E-state index contributed by atoms with van der Waals surface area (Å²) in [6.07, 6.45) is 4.84. The molecule has 0 radical (unpaired) electrons. The molecule has 1 N–H and O–H groups in total. The number of furan rings is 1. The lowest BCUT2D eigenvalue weighted by molar-refractivity contribution is 0.0914. The molecule has 6 nitrogen and oxygen atoms in total. The number of aryl methyl sites for hydroxylation is 1. The predicted octanol–water partition coefficient (Wildman–Crippen LogP) is 4.70. The van der Waals surface area contributed by atoms with Crippen LogP contribution in [0, 0.1) is 6.92 Å². The quantitative estimate of drug-likeness (QED) is 0.522. The first-order valence-electron chi connectivity index (χ1n) is 11.0. The van der Waals surface area contributed by atoms with Crippen molar-refractivity contribution < 1.29 is 13.9 Å². The summed E-state index contributed by atoms with van der Waals surface area (Å²) >= 11 is 6.54. The summed E-state index contributed by atoms with van der Waals surface area (Å²) < 4.78 is 10.6. The van der Waals surface area contributed by atoms with Crippen LogP contribution in [0.3, 0.4) is 0 Å². The fourth-order valence-electron chi connectivity index (χ4n) is 4.11. The molecule has 0 atom stereocenters. The average Bonchev–Trinajstić information content (AvgIpc) is 3.28. The fraction of sp³-hybridized carbons (Fsp3) is 0.308. The zero-order valence-electron chi connectivity index (χ0n) is 18.9. The van der Waals surface area contributed by atoms with Gasteiger partial charge in [0.15, 0.2) is 5.76 Å². The molecular weight excluding hydrogens is 438 g/mol. The number of nitrogens with zero attached hydrogens (tertiary/aromatic N) is 2. The van der Waals surface area contributed by atoms with Gasteiger partial charge in [-0.25, -0.2) is 0 Å². The largest absolute Gasteiger partial charge is 0.453 e. The second-order valence-electron chi connectivity index (χ2n) is 8.17. The number of amides is 1. The van der Waals surface area contributed by atoms with Gasteiger partial charge in [0.2, 0.25) is 0 Å². The van der Waals surface area contributed by atoms with Crippen LogP contribution < -0.4 is 5.32 Å². The molecule has 33 heavy (non-hydrogen) atoms. The molecule has 0 saturated carbocycles. The van der Waals surface area contributed by atoms with Gasteiger partial charge in [-0.2, -0.15) is 0 Å². The monoisotopic (exact) mass is 465 g/mol. The summed E-state index contributed by atoms with van der Waals surface area (Å²) in [5.41, 5.74) is 5.56. The van der Waals surface area contributed by atoms with E-state index in [0.29, 0.717) is 25.5 Å². The molecule has 172 valence electrons. The Labute approximate surface area is 199 Å². The number of methoxy groups -OCH3 is 1. The molecule has 0 bridgehead atoms. The Balaban J connectivity index is 1.41. The number of ether oxygens (including phenoxy) is 1. The summed E-state index contributed by atoms with van der Waals surface area (Å²) in [5.74, 6) is 0.658. The summed E-state index contributed by atoms with van der Waals surface area (Å²) in [4.78, 5) is 19.5. The van der Waals surface area contributed by atoms with Gasteiger partial charge in [-0.15, -0.1) is 0 Å². The molecule has 0 fully saturated rings. The number of hydrogen-bond donors (Lipinski definition) is 1. The van der Waals surface area contributed by atoms with Crippen molar-refractivity contribution in [1.82, 2.24) is 15.2 Å². The topological polar surface area (TPSA) is 67.6 Å². The number of fused-ring (bicyclic) bond motifs is 1. The van der Waals surface area contributed by atoms with E-state index in [1.807, 2.05) is 49.5 Å². The van der Waals surface area contributed by atoms with E-state index < -0.39 is 0 Å². The lowest BCUT2D eigenvalue weighted by atomic mass is 9.95. The minimum absolute atomic E-state index is 0.246. The van der Waals surface area contributed by atoms with Gasteiger partial charge < -0.3 is 14.5 Å². The van der Waals surface area contributed by atoms with E-state index in [0.717, 1.165) is 41.4 Å². The van der Waals surface area contributed by atoms with Crippen LogP contribution in [0.25, 0.3) is 6.08 Å². The minimum atomic E-state index is -0.246. The van der Waals surface area contributed by atoms with E-state index in [2.05, 4.69) is 15.2 Å². The van der Waals surface area contributed by atoms with Gasteiger partial charge in [0.25, 0.3) is 5.91 Å². The van der Waals surface area contributed by atoms with Crippen molar-refractivity contribution in [2.24, 2.45) is 0 Å². The smallest absolute Gasteiger partial charge is 0.287 e. The van der Waals surface area contributed by atoms with E-state index in [9.17, 15) is 4.79 Å². The van der Waals surface area contributed by atoms with Crippen LogP contribution in [-0.4, -0.2) is 36.0 Å². The molecule has 4 rings (SSSR count). The SMILES string of the molecule is COCc1ccc(C(=O)NCc2c(C)ncc3c2CCN(C/C(Cl)=C/c2ccccc2)C3)o1. The van der Waals surface area contributed by atoms with Gasteiger partial charge in [-0.05, 0) is 53.8 Å². The molecule has 0 saturated heterocycles. The zero-order valence-corrected chi connectivity index (χ0v) is 19.7. The first-order valence-corrected chi connectivity index (χ1v) is 11.4. The number of hydrogen-bond acceptors (Lipinski definition) is 5. The van der Waals surface area contributed by atoms with Gasteiger partial charge >= 0.3 is 0 Å². The van der Waals surface area contributed by atoms with Crippen LogP contribution in [-0.2, 0) is 30.9 Å². The number of nitrogens with one attached hydrogen (secondary N) is 1. The highest BCUT2D eigenvalue weighted by Gasteiger charge is 2.22. The Morgan fingerprint density at radius 1 is 1.27 bits per heavy atom. The molecule has 1 amide bonds. The second kappa shape index (κ2) is 10.8. The van der Waals surface area contributed by atoms with Crippen LogP contribution in [0.4, 0.5) is 0 Å². The molecule has 0 unspecified atom stereocenters. The van der Waals surface area contributed by atoms with E-state index in [-0.39, 0.29) is 11.7 Å². The summed E-state index contributed by atoms with van der Waals surface area (Å²) in [6.45, 7) is 5.10. The van der Waals surface area contributed by atoms with Crippen LogP contribution in [0.5, 0.6) is 0 Å². The Bertz CT molecular complexity index is 1140. The number of carbonyl (C=O) groups is 1. The van der Waals surface area contributed by atoms with E-state index in [4.69, 9.17) is 20.8 Å². The van der Waals surface area contributed by atoms with Crippen molar-refractivity contribution in [2.45, 2.75) is 33.0 Å². The fourth-order valence-corrected chi connectivity index (χ4v) is 4.41. The number of rotatable bonds is 8. The van der Waals surface area contributed by atoms with Crippen molar-refractivity contribution in [1.29, 1.82) is 0 Å². The summed E-state index contributed by atoms with van der Waals surface area (Å²) in [6, 6.07) is 13.5. The average molecular weight is 466 g/mol. The van der Waals surface area contributed by atoms with Gasteiger partial charge in [-0.3, -0.25) is 14.7 Å². The van der Waals surface area contributed by atoms with E-state index in [1.165, 1.54) is 11.1 Å². The van der Waals surface area contributed by atoms with Gasteiger partial charge in [0, 0.05) is 50.2 Å². The van der Waals surface area contributed by atoms with Gasteiger partial charge in [0.05, 0.1) is 0 Å². The first kappa shape index (κ1) is 23.2. The van der Waals surface area contributed by atoms with Gasteiger partial charge in [0.1, 0.15) is 12.4 Å². The molecule has 1 aliphatic heterocycles. The van der Waals surface area contributed by atoms with E-state index in [1.54, 1.807) is 19.2 Å². The molecular formula is C26H28ClN3O3. The third kappa shape index (κ3) is 5.90. The van der Waals surface area contributed by atoms with Crippen LogP contribution in [0.15, 0.2) is 58.1 Å². The molecule has 1 aliphatic rings. The number of halogens is 1. The van der Waals surface area contributed by atoms with Gasteiger partial charge in [-0.1, -0.05) is 41.9 Å². The van der Waals surface area contributed by atoms with Crippen LogP contribution >= 0.6 is 11.6 Å². The number of pyridine rings is 1. The van der Waals surface area contributed by atoms with Crippen molar-refractivity contribution >= 4 is 23.6 Å². The molecule has 3 heterocycles. The maximum Gasteiger partial charge on any atom is 0.287 e. The maximum atomic E-state index is 12.5. The molecule has 0 spiro atoms. The molecule has 0 aliphatic carbocycles. The lowest BCUT2D eigenvalue weighted by Gasteiger charge is -2.30. The highest BCUT2D eigenvalue weighted by atomic mass is 35.5. The normalized spacial score (nSPS) is 14.2. The number of benzene rings is 1. The Hall–Kier alpha value is -2.93. The standard InChI is InChI=1S/C26H28ClN3O3/c1-18-24(14-29-26(31)25-9-8-22(33-25)17-32-2)23-10-11-30(15-20(23)13-28-18)16-21(27)12-19-6-4-3-5-7-19/h3-9,12-13H,10-11,14-17H2,1-2H3,(H,29,31)/b21-12-. The van der Waals surface area contributed by atoms with Crippen molar-refractivity contribution in [3.05, 3.63) is 93.2 Å². The number of carbonyl (C=O) groups excluding carboxylic acids is 1. The maximum absolute atomic E-state index is 12.5. The predicted molar refractivity (Wildman–Crippen MR) is 129 cm³/mol. The van der Waals surface area contributed by atoms with Crippen molar-refractivity contribution in [2.75, 3.05) is 20.2 Å². The summed E-state index contributed by atoms with van der Waals surface area (Å²) in [5, 5.41) is 3.78. The van der Waals surface area contributed by atoms with Crippen LogP contribution in [0.1, 0.15) is 44.3 Å². The van der Waals surface area contributed by atoms with Crippen LogP contribution in [0.2, 0.25) is 0 Å². The van der Waals surface area contributed by atoms with E-state index >= 15 is 0 Å². The summed E-state index contributed by atoms with van der Waals surface area (Å²) in [7, 11) is 1.59. The molecule has 7 heteroatoms. The highest BCUT2D eigenvalue weighted by molar-refractivity contribution is 6.31. The second-order valence-corrected chi connectivity index (χ2v) is 8.66. The third-order valence-electron chi connectivity index (χ3n) is 5.77. The Morgan fingerprint density at radius 3 is 2.88 bits per heavy atom. The minimum Gasteiger partial charge on any atom is -0.453 e. The number of aromatic nitrogens is 1. The highest BCUT2D eigenvalue weighted by Crippen LogP contribution is 2.25. The molecule has 2 aromatic heterocycles. The lowest BCUT2D eigenvalue weighted by Crippen LogP contribution is -2.33. The van der Waals surface area contributed by atoms with Crippen molar-refractivity contribution in [3.63, 3.8) is 0 Å². The third-order valence-corrected chi connectivity index (χ3v) is 6.00. The Kier molecular flexibility index (Phi) is 7.60. The molecule has 1 aromatic carbocycles.